The van der Waals surface area contributed by atoms with Gasteiger partial charge in [-0.2, -0.15) is 0 Å². The first kappa shape index (κ1) is 22.5. The molecule has 3 aromatic rings. The lowest BCUT2D eigenvalue weighted by atomic mass is 10.1. The highest BCUT2D eigenvalue weighted by Gasteiger charge is 2.20. The molecule has 0 radical (unpaired) electrons. The minimum absolute atomic E-state index is 0. The van der Waals surface area contributed by atoms with Crippen molar-refractivity contribution in [2.75, 3.05) is 14.2 Å². The lowest BCUT2D eigenvalue weighted by molar-refractivity contribution is -0.0000378. The maximum absolute atomic E-state index is 11.3. The monoisotopic (exact) mass is 432 g/mol. The first-order valence-corrected chi connectivity index (χ1v) is 8.34. The molecule has 0 atom stereocenters. The van der Waals surface area contributed by atoms with E-state index in [2.05, 4.69) is 0 Å². The molecule has 0 saturated carbocycles. The zero-order chi connectivity index (χ0) is 21.1. The molecule has 8 nitrogen and oxygen atoms in total. The van der Waals surface area contributed by atoms with E-state index in [0.29, 0.717) is 16.7 Å². The molecule has 1 aromatic heterocycles. The van der Waals surface area contributed by atoms with Crippen molar-refractivity contribution in [3.05, 3.63) is 58.8 Å². The fourth-order valence-electron chi connectivity index (χ4n) is 2.75. The van der Waals surface area contributed by atoms with Crippen LogP contribution in [0.5, 0.6) is 17.2 Å². The molecule has 3 N–H and O–H groups in total. The Kier molecular flexibility index (Phi) is 6.86. The van der Waals surface area contributed by atoms with Crippen molar-refractivity contribution in [2.45, 2.75) is 0 Å². The predicted molar refractivity (Wildman–Crippen MR) is 105 cm³/mol. The van der Waals surface area contributed by atoms with Gasteiger partial charge in [0.25, 0.3) is 0 Å². The molecule has 0 spiro atoms. The van der Waals surface area contributed by atoms with E-state index >= 15 is 0 Å². The Hall–Kier alpha value is -3.78. The van der Waals surface area contributed by atoms with E-state index in [4.69, 9.17) is 13.9 Å². The molecule has 0 amide bonds. The van der Waals surface area contributed by atoms with E-state index in [-0.39, 0.29) is 46.3 Å². The number of ether oxygens (including phenoxy) is 2. The van der Waals surface area contributed by atoms with Crippen molar-refractivity contribution in [1.82, 2.24) is 0 Å². The van der Waals surface area contributed by atoms with Gasteiger partial charge in [0.05, 0.1) is 30.7 Å². The molecule has 2 aromatic carbocycles. The van der Waals surface area contributed by atoms with Crippen LogP contribution in [0.15, 0.2) is 40.8 Å². The molecule has 0 aliphatic carbocycles. The van der Waals surface area contributed by atoms with Crippen LogP contribution in [-0.2, 0) is 0 Å². The first-order valence-electron chi connectivity index (χ1n) is 8.34. The van der Waals surface area contributed by atoms with Crippen molar-refractivity contribution >= 4 is 35.1 Å². The van der Waals surface area contributed by atoms with Crippen LogP contribution >= 0.6 is 0 Å². The fraction of sp³-hybridized carbons (Fsp3) is 0.0952. The zero-order valence-corrected chi connectivity index (χ0v) is 16.6. The minimum atomic E-state index is -1.16. The molecule has 30 heavy (non-hydrogen) atoms. The Morgan fingerprint density at radius 2 is 1.50 bits per heavy atom. The summed E-state index contributed by atoms with van der Waals surface area (Å²) in [7, 11) is 2.73. The maximum Gasteiger partial charge on any atom is 0.402 e. The highest BCUT2D eigenvalue weighted by Crippen LogP contribution is 2.33. The second-order valence-corrected chi connectivity index (χ2v) is 5.99. The summed E-state index contributed by atoms with van der Waals surface area (Å²) in [6, 6.07) is 8.62. The SMILES string of the molecule is COc1cc(C(=O)O)cc(C=Cc2ccc3cc(C(=O)O)cc(OC)c3[o+]2)c1O.[Cl-]. The van der Waals surface area contributed by atoms with Crippen LogP contribution in [0, 0.1) is 0 Å². The molecule has 0 fully saturated rings. The lowest BCUT2D eigenvalue weighted by Crippen LogP contribution is -3.00. The number of benzene rings is 2. The Morgan fingerprint density at radius 3 is 2.10 bits per heavy atom. The zero-order valence-electron chi connectivity index (χ0n) is 15.9. The number of hydrogen-bond donors (Lipinski definition) is 3. The van der Waals surface area contributed by atoms with E-state index in [1.807, 2.05) is 0 Å². The van der Waals surface area contributed by atoms with Gasteiger partial charge in [-0.3, -0.25) is 0 Å². The van der Waals surface area contributed by atoms with E-state index in [1.54, 1.807) is 12.1 Å². The van der Waals surface area contributed by atoms with Crippen molar-refractivity contribution in [3.8, 4) is 17.2 Å². The predicted octanol–water partition coefficient (Wildman–Crippen LogP) is 1.01. The highest BCUT2D eigenvalue weighted by atomic mass is 35.5. The van der Waals surface area contributed by atoms with Gasteiger partial charge in [0.1, 0.15) is 0 Å². The van der Waals surface area contributed by atoms with Crippen molar-refractivity contribution in [1.29, 1.82) is 0 Å². The summed E-state index contributed by atoms with van der Waals surface area (Å²) < 4.78 is 16.0. The van der Waals surface area contributed by atoms with Gasteiger partial charge < -0.3 is 37.2 Å². The molecule has 3 rings (SSSR count). The summed E-state index contributed by atoms with van der Waals surface area (Å²) in [5, 5.41) is 29.2. The van der Waals surface area contributed by atoms with Gasteiger partial charge in [-0.1, -0.05) is 0 Å². The highest BCUT2D eigenvalue weighted by molar-refractivity contribution is 5.95. The quantitative estimate of drug-likeness (QED) is 0.493. The number of rotatable bonds is 6. The molecule has 0 bridgehead atoms. The second kappa shape index (κ2) is 9.15. The third-order valence-corrected chi connectivity index (χ3v) is 4.20. The Labute approximate surface area is 177 Å². The third-order valence-electron chi connectivity index (χ3n) is 4.20. The summed E-state index contributed by atoms with van der Waals surface area (Å²) in [6.45, 7) is 0. The van der Waals surface area contributed by atoms with Crippen LogP contribution in [-0.4, -0.2) is 41.5 Å². The topological polar surface area (TPSA) is 125 Å². The summed E-state index contributed by atoms with van der Waals surface area (Å²) in [5.74, 6) is -1.80. The summed E-state index contributed by atoms with van der Waals surface area (Å²) in [6.07, 6.45) is 3.01. The van der Waals surface area contributed by atoms with Crippen molar-refractivity contribution < 1.29 is 51.2 Å². The molecular formula is C21H17ClO8. The summed E-state index contributed by atoms with van der Waals surface area (Å²) >= 11 is 0. The standard InChI is InChI=1S/C21H16O8.ClH/c1-27-16-9-13(20(23)24)7-11(18(16)22)3-5-15-6-4-12-8-14(21(25)26)10-17(28-2)19(12)29-15;/h3-10H,1-2H3,(H2-,22,23,24,25,26);1H. The number of hydrogen-bond acceptors (Lipinski definition) is 5. The van der Waals surface area contributed by atoms with E-state index < -0.39 is 11.9 Å². The number of methoxy groups -OCH3 is 2. The number of phenols is 1. The number of carboxylic acid groups (broad SMARTS) is 2. The van der Waals surface area contributed by atoms with Gasteiger partial charge >= 0.3 is 23.3 Å². The molecule has 0 unspecified atom stereocenters. The maximum atomic E-state index is 11.3. The van der Waals surface area contributed by atoms with Crippen LogP contribution in [0.25, 0.3) is 23.1 Å². The van der Waals surface area contributed by atoms with Crippen LogP contribution in [0.1, 0.15) is 32.0 Å². The minimum Gasteiger partial charge on any atom is -1.00 e. The second-order valence-electron chi connectivity index (χ2n) is 5.99. The number of aromatic hydroxyl groups is 1. The summed E-state index contributed by atoms with van der Waals surface area (Å²) in [4.78, 5) is 22.5. The van der Waals surface area contributed by atoms with Crippen LogP contribution in [0.3, 0.4) is 0 Å². The largest absolute Gasteiger partial charge is 1.00 e. The van der Waals surface area contributed by atoms with E-state index in [9.17, 15) is 24.9 Å². The number of phenolic OH excluding ortho intramolecular Hbond substituents is 1. The normalized spacial score (nSPS) is 10.6. The Bertz CT molecular complexity index is 1150. The average Bonchev–Trinajstić information content (AvgIpc) is 2.71. The number of fused-ring (bicyclic) bond motifs is 1. The number of aromatic carboxylic acids is 2. The number of carbonyl (C=O) groups is 2. The van der Waals surface area contributed by atoms with Crippen LogP contribution in [0.4, 0.5) is 0 Å². The molecule has 0 saturated heterocycles. The average molecular weight is 433 g/mol. The van der Waals surface area contributed by atoms with Crippen molar-refractivity contribution in [2.24, 2.45) is 0 Å². The van der Waals surface area contributed by atoms with Gasteiger partial charge in [-0.25, -0.2) is 14.0 Å². The Morgan fingerprint density at radius 1 is 0.900 bits per heavy atom. The van der Waals surface area contributed by atoms with Gasteiger partial charge in [0.15, 0.2) is 11.5 Å². The number of carboxylic acids is 2. The van der Waals surface area contributed by atoms with Crippen molar-refractivity contribution in [3.63, 3.8) is 0 Å². The van der Waals surface area contributed by atoms with E-state index in [1.165, 1.54) is 50.6 Å². The van der Waals surface area contributed by atoms with Gasteiger partial charge in [-0.15, -0.1) is 0 Å². The van der Waals surface area contributed by atoms with Crippen LogP contribution < -0.4 is 21.9 Å². The van der Waals surface area contributed by atoms with E-state index in [0.717, 1.165) is 0 Å². The molecule has 156 valence electrons. The molecule has 1 heterocycles. The molecular weight excluding hydrogens is 416 g/mol. The fourth-order valence-corrected chi connectivity index (χ4v) is 2.75. The molecule has 9 heteroatoms. The third kappa shape index (κ3) is 4.44. The van der Waals surface area contributed by atoms with Gasteiger partial charge in [0, 0.05) is 23.8 Å². The lowest BCUT2D eigenvalue weighted by Gasteiger charge is -2.07. The van der Waals surface area contributed by atoms with Crippen LogP contribution in [0.2, 0.25) is 0 Å². The molecule has 0 aliphatic heterocycles. The number of halogens is 1. The van der Waals surface area contributed by atoms with Gasteiger partial charge in [-0.05, 0) is 30.3 Å². The Balaban J connectivity index is 0.00000320. The summed E-state index contributed by atoms with van der Waals surface area (Å²) in [5.41, 5.74) is 0.596. The first-order chi connectivity index (χ1) is 13.8. The van der Waals surface area contributed by atoms with Gasteiger partial charge in [0.2, 0.25) is 5.75 Å². The molecule has 0 aliphatic rings. The smallest absolute Gasteiger partial charge is 0.402 e.